The lowest BCUT2D eigenvalue weighted by Crippen LogP contribution is -2.47. The van der Waals surface area contributed by atoms with Crippen molar-refractivity contribution in [1.29, 1.82) is 0 Å². The molecule has 0 saturated carbocycles. The number of methoxy groups -OCH3 is 2. The number of hydrogen-bond donors (Lipinski definition) is 0. The number of rotatable bonds is 9. The molecule has 0 spiro atoms. The maximum atomic E-state index is 13.4. The van der Waals surface area contributed by atoms with E-state index >= 15 is 0 Å². The smallest absolute Gasteiger partial charge is 0.414 e. The zero-order valence-corrected chi connectivity index (χ0v) is 21.3. The van der Waals surface area contributed by atoms with Gasteiger partial charge in [0.25, 0.3) is 0 Å². The van der Waals surface area contributed by atoms with E-state index < -0.39 is 6.09 Å². The molecule has 190 valence electrons. The fraction of sp³-hybridized carbons (Fsp3) is 0.481. The van der Waals surface area contributed by atoms with Crippen LogP contribution in [0.4, 0.5) is 15.3 Å². The second-order valence-electron chi connectivity index (χ2n) is 8.52. The molecule has 8 heteroatoms. The van der Waals surface area contributed by atoms with Crippen molar-refractivity contribution in [2.75, 3.05) is 32.3 Å². The number of anilines is 1. The van der Waals surface area contributed by atoms with Gasteiger partial charge in [-0.05, 0) is 38.3 Å². The summed E-state index contributed by atoms with van der Waals surface area (Å²) < 4.78 is 22.1. The number of amides is 2. The van der Waals surface area contributed by atoms with Gasteiger partial charge in [-0.25, -0.2) is 9.59 Å². The van der Waals surface area contributed by atoms with Crippen LogP contribution >= 0.6 is 0 Å². The van der Waals surface area contributed by atoms with Crippen molar-refractivity contribution in [3.8, 4) is 11.5 Å². The fourth-order valence-electron chi connectivity index (χ4n) is 4.39. The average molecular weight is 485 g/mol. The summed E-state index contributed by atoms with van der Waals surface area (Å²) in [6.45, 7) is 6.77. The van der Waals surface area contributed by atoms with Gasteiger partial charge >= 0.3 is 12.2 Å². The molecule has 2 amide bonds. The van der Waals surface area contributed by atoms with Gasteiger partial charge in [0.05, 0.1) is 39.2 Å². The van der Waals surface area contributed by atoms with Crippen molar-refractivity contribution in [2.24, 2.45) is 0 Å². The Hall–Kier alpha value is -3.42. The van der Waals surface area contributed by atoms with Crippen LogP contribution < -0.4 is 14.4 Å². The standard InChI is InChI=1S/C27H36N2O6/c1-6-8-14-35-26(30)28(18-20-12-10-9-11-13-20)22-15-19(3)29(27(31)34-7-2)23-17-25(33-5)24(32-4)16-21(22)23/h9-13,16-17,19,22H,6-8,14-15,18H2,1-5H3/t19-,22+/m0/s1. The molecule has 1 aliphatic heterocycles. The molecule has 0 radical (unpaired) electrons. The summed E-state index contributed by atoms with van der Waals surface area (Å²) in [7, 11) is 3.12. The summed E-state index contributed by atoms with van der Waals surface area (Å²) in [6.07, 6.45) is 1.42. The van der Waals surface area contributed by atoms with Crippen LogP contribution in [0.15, 0.2) is 42.5 Å². The molecule has 8 nitrogen and oxygen atoms in total. The summed E-state index contributed by atoms with van der Waals surface area (Å²) in [4.78, 5) is 29.7. The first kappa shape index (κ1) is 26.2. The molecular weight excluding hydrogens is 448 g/mol. The quantitative estimate of drug-likeness (QED) is 0.410. The van der Waals surface area contributed by atoms with Crippen LogP contribution in [0.3, 0.4) is 0 Å². The van der Waals surface area contributed by atoms with Gasteiger partial charge in [-0.1, -0.05) is 43.7 Å². The Balaban J connectivity index is 2.10. The van der Waals surface area contributed by atoms with Crippen LogP contribution in [-0.2, 0) is 16.0 Å². The molecule has 2 atom stereocenters. The second-order valence-corrected chi connectivity index (χ2v) is 8.52. The largest absolute Gasteiger partial charge is 0.493 e. The molecular formula is C27H36N2O6. The van der Waals surface area contributed by atoms with Crippen LogP contribution in [-0.4, -0.2) is 50.6 Å². The highest BCUT2D eigenvalue weighted by molar-refractivity contribution is 5.91. The van der Waals surface area contributed by atoms with Gasteiger partial charge in [-0.2, -0.15) is 0 Å². The minimum atomic E-state index is -0.438. The summed E-state index contributed by atoms with van der Waals surface area (Å²) in [5, 5.41) is 0. The van der Waals surface area contributed by atoms with E-state index in [9.17, 15) is 9.59 Å². The van der Waals surface area contributed by atoms with Crippen LogP contribution in [0.2, 0.25) is 0 Å². The highest BCUT2D eigenvalue weighted by Gasteiger charge is 2.40. The van der Waals surface area contributed by atoms with Crippen molar-refractivity contribution in [3.63, 3.8) is 0 Å². The van der Waals surface area contributed by atoms with Crippen LogP contribution in [0, 0.1) is 0 Å². The van der Waals surface area contributed by atoms with Gasteiger partial charge in [0.1, 0.15) is 0 Å². The molecule has 1 aliphatic rings. The molecule has 0 aliphatic carbocycles. The number of ether oxygens (including phenoxy) is 4. The average Bonchev–Trinajstić information content (AvgIpc) is 2.86. The lowest BCUT2D eigenvalue weighted by atomic mass is 9.90. The van der Waals surface area contributed by atoms with Crippen molar-refractivity contribution >= 4 is 17.9 Å². The first-order valence-corrected chi connectivity index (χ1v) is 12.1. The fourth-order valence-corrected chi connectivity index (χ4v) is 4.39. The molecule has 0 N–H and O–H groups in total. The Labute approximate surface area is 207 Å². The Kier molecular flexibility index (Phi) is 9.23. The van der Waals surface area contributed by atoms with Gasteiger partial charge < -0.3 is 18.9 Å². The zero-order chi connectivity index (χ0) is 25.4. The number of carbonyl (C=O) groups is 2. The molecule has 0 fully saturated rings. The van der Waals surface area contributed by atoms with Crippen molar-refractivity contribution in [2.45, 2.75) is 58.7 Å². The third kappa shape index (κ3) is 5.99. The molecule has 0 unspecified atom stereocenters. The molecule has 2 aromatic carbocycles. The summed E-state index contributed by atoms with van der Waals surface area (Å²) >= 11 is 0. The molecule has 3 rings (SSSR count). The number of hydrogen-bond acceptors (Lipinski definition) is 6. The molecule has 0 saturated heterocycles. The van der Waals surface area contributed by atoms with E-state index in [-0.39, 0.29) is 24.8 Å². The van der Waals surface area contributed by atoms with E-state index in [2.05, 4.69) is 6.92 Å². The molecule has 1 heterocycles. The van der Waals surface area contributed by atoms with E-state index in [1.807, 2.05) is 43.3 Å². The van der Waals surface area contributed by atoms with Gasteiger partial charge in [0.2, 0.25) is 0 Å². The van der Waals surface area contributed by atoms with Gasteiger partial charge in [-0.15, -0.1) is 0 Å². The van der Waals surface area contributed by atoms with E-state index in [4.69, 9.17) is 18.9 Å². The van der Waals surface area contributed by atoms with Gasteiger partial charge in [0.15, 0.2) is 11.5 Å². The summed E-state index contributed by atoms with van der Waals surface area (Å²) in [5.41, 5.74) is 2.39. The number of nitrogens with zero attached hydrogens (tertiary/aromatic N) is 2. The maximum Gasteiger partial charge on any atom is 0.414 e. The van der Waals surface area contributed by atoms with Crippen LogP contribution in [0.5, 0.6) is 11.5 Å². The number of carbonyl (C=O) groups excluding carboxylic acids is 2. The molecule has 0 aromatic heterocycles. The summed E-state index contributed by atoms with van der Waals surface area (Å²) in [5.74, 6) is 1.02. The normalized spacial score (nSPS) is 16.8. The molecule has 0 bridgehead atoms. The Bertz CT molecular complexity index is 997. The molecule has 2 aromatic rings. The van der Waals surface area contributed by atoms with E-state index in [1.165, 1.54) is 0 Å². The lowest BCUT2D eigenvalue weighted by Gasteiger charge is -2.42. The predicted octanol–water partition coefficient (Wildman–Crippen LogP) is 5.94. The minimum absolute atomic E-state index is 0.230. The Morgan fingerprint density at radius 2 is 1.71 bits per heavy atom. The SMILES string of the molecule is CCCCOC(=O)N(Cc1ccccc1)[C@@H]1C[C@H](C)N(C(=O)OCC)c2cc(OC)c(OC)cc21. The third-order valence-electron chi connectivity index (χ3n) is 6.15. The summed E-state index contributed by atoms with van der Waals surface area (Å²) in [6, 6.07) is 12.8. The second kappa shape index (κ2) is 12.3. The third-order valence-corrected chi connectivity index (χ3v) is 6.15. The number of fused-ring (bicyclic) bond motifs is 1. The van der Waals surface area contributed by atoms with Crippen molar-refractivity contribution in [1.82, 2.24) is 4.90 Å². The highest BCUT2D eigenvalue weighted by atomic mass is 16.6. The predicted molar refractivity (Wildman–Crippen MR) is 134 cm³/mol. The first-order chi connectivity index (χ1) is 16.9. The van der Waals surface area contributed by atoms with E-state index in [0.29, 0.717) is 36.8 Å². The van der Waals surface area contributed by atoms with Gasteiger partial charge in [-0.3, -0.25) is 9.80 Å². The van der Waals surface area contributed by atoms with Crippen LogP contribution in [0.1, 0.15) is 57.2 Å². The minimum Gasteiger partial charge on any atom is -0.493 e. The van der Waals surface area contributed by atoms with Crippen molar-refractivity contribution in [3.05, 3.63) is 53.6 Å². The van der Waals surface area contributed by atoms with Crippen molar-refractivity contribution < 1.29 is 28.5 Å². The van der Waals surface area contributed by atoms with Gasteiger partial charge in [0, 0.05) is 24.2 Å². The first-order valence-electron chi connectivity index (χ1n) is 12.1. The maximum absolute atomic E-state index is 13.4. The Morgan fingerprint density at radius 3 is 2.34 bits per heavy atom. The monoisotopic (exact) mass is 484 g/mol. The lowest BCUT2D eigenvalue weighted by molar-refractivity contribution is 0.0761. The number of benzene rings is 2. The topological polar surface area (TPSA) is 77.5 Å². The zero-order valence-electron chi connectivity index (χ0n) is 21.3. The number of unbranched alkanes of at least 4 members (excludes halogenated alkanes) is 1. The van der Waals surface area contributed by atoms with E-state index in [1.54, 1.807) is 37.0 Å². The molecule has 35 heavy (non-hydrogen) atoms. The van der Waals surface area contributed by atoms with Crippen LogP contribution in [0.25, 0.3) is 0 Å². The Morgan fingerprint density at radius 1 is 1.03 bits per heavy atom. The highest BCUT2D eigenvalue weighted by Crippen LogP contribution is 2.46. The van der Waals surface area contributed by atoms with E-state index in [0.717, 1.165) is 24.0 Å².